The van der Waals surface area contributed by atoms with Crippen molar-refractivity contribution in [2.24, 2.45) is 0 Å². The molecule has 0 heterocycles. The minimum Gasteiger partial charge on any atom is -0.368 e. The van der Waals surface area contributed by atoms with Gasteiger partial charge in [-0.3, -0.25) is 13.7 Å². The molecule has 0 amide bonds. The van der Waals surface area contributed by atoms with Crippen LogP contribution in [0.25, 0.3) is 26.5 Å². The summed E-state index contributed by atoms with van der Waals surface area (Å²) in [6.45, 7) is 0. The van der Waals surface area contributed by atoms with Crippen LogP contribution in [0, 0.1) is 0 Å². The number of hydrogen-bond donors (Lipinski definition) is 4. The summed E-state index contributed by atoms with van der Waals surface area (Å²) in [5.74, 6) is 0. The van der Waals surface area contributed by atoms with Crippen LogP contribution < -0.4 is 5.22 Å². The number of aliphatic hydroxyl groups is 1. The quantitative estimate of drug-likeness (QED) is 0.388. The largest absolute Gasteiger partial charge is 0.368 e. The van der Waals surface area contributed by atoms with Gasteiger partial charge in [0.2, 0.25) is 4.93 Å². The monoisotopic (exact) mass is 460 g/mol. The first kappa shape index (κ1) is 20.2. The normalized spacial score (nSPS) is 23.0. The third-order valence-corrected chi connectivity index (χ3v) is 8.72. The van der Waals surface area contributed by atoms with Crippen LogP contribution in [0.5, 0.6) is 0 Å². The molecule has 0 saturated heterocycles. The Balaban J connectivity index is 2.49. The highest BCUT2D eigenvalue weighted by atomic mass is 32.2. The van der Waals surface area contributed by atoms with Crippen LogP contribution in [-0.2, 0) is 35.3 Å². The lowest BCUT2D eigenvalue weighted by Gasteiger charge is -2.36. The van der Waals surface area contributed by atoms with Gasteiger partial charge in [0.15, 0.2) is 5.25 Å². The summed E-state index contributed by atoms with van der Waals surface area (Å²) in [7, 11) is -16.9. The van der Waals surface area contributed by atoms with Crippen LogP contribution in [0.4, 0.5) is 0 Å². The first-order chi connectivity index (χ1) is 13.2. The van der Waals surface area contributed by atoms with E-state index in [1.165, 1.54) is 12.1 Å². The summed E-state index contributed by atoms with van der Waals surface area (Å²) in [5.41, 5.74) is -0.658. The molecule has 29 heavy (non-hydrogen) atoms. The lowest BCUT2D eigenvalue weighted by Crippen LogP contribution is -2.55. The van der Waals surface area contributed by atoms with Crippen LogP contribution in [0.15, 0.2) is 42.5 Å². The molecule has 0 radical (unpaired) electrons. The standard InChI is InChI=1S/C16H12O10S3/c17-16(29(24,25)26)11-7-5-9-3-1-2-8-4-6-10(13(11)12(8)9)14(27(18,19)20)15(16)28(21,22)23/h1-7,15,17H,(H,18,19,20)(H,21,22,23)(H,24,25,26). The third-order valence-electron chi connectivity index (χ3n) is 4.99. The molecule has 4 rings (SSSR count). The van der Waals surface area contributed by atoms with Crippen molar-refractivity contribution in [2.45, 2.75) is 10.2 Å². The van der Waals surface area contributed by atoms with Crippen LogP contribution in [0.2, 0.25) is 0 Å². The molecule has 0 aromatic heterocycles. The smallest absolute Gasteiger partial charge is 0.301 e. The number of hydrogen-bond acceptors (Lipinski definition) is 7. The van der Waals surface area contributed by atoms with Gasteiger partial charge in [0, 0.05) is 10.8 Å². The molecule has 13 heteroatoms. The van der Waals surface area contributed by atoms with Gasteiger partial charge in [-0.15, -0.1) is 0 Å². The van der Waals surface area contributed by atoms with E-state index < -0.39 is 56.2 Å². The zero-order valence-corrected chi connectivity index (χ0v) is 16.5. The van der Waals surface area contributed by atoms with Crippen LogP contribution in [0.1, 0.15) is 5.56 Å². The van der Waals surface area contributed by atoms with Crippen molar-refractivity contribution < 1.29 is 44.0 Å². The van der Waals surface area contributed by atoms with Crippen molar-refractivity contribution >= 4 is 56.8 Å². The molecular formula is C16H12O10S3. The summed E-state index contributed by atoms with van der Waals surface area (Å²) in [6.07, 6.45) is 0. The SMILES string of the molecule is O=S(=O)(O)C1=c2ccc3cccc4ccc(c2c43)C(O)(S(=O)(=O)O)C1S(=O)(=O)O. The van der Waals surface area contributed by atoms with Crippen molar-refractivity contribution in [1.29, 1.82) is 0 Å². The fourth-order valence-corrected chi connectivity index (χ4v) is 8.12. The van der Waals surface area contributed by atoms with Crippen LogP contribution >= 0.6 is 0 Å². The highest BCUT2D eigenvalue weighted by Crippen LogP contribution is 2.46. The fourth-order valence-electron chi connectivity index (χ4n) is 3.93. The van der Waals surface area contributed by atoms with Gasteiger partial charge in [0.25, 0.3) is 20.2 Å². The Morgan fingerprint density at radius 1 is 0.759 bits per heavy atom. The Morgan fingerprint density at radius 2 is 1.31 bits per heavy atom. The lowest BCUT2D eigenvalue weighted by atomic mass is 9.88. The molecule has 0 saturated carbocycles. The maximum Gasteiger partial charge on any atom is 0.301 e. The van der Waals surface area contributed by atoms with E-state index in [1.54, 1.807) is 18.2 Å². The molecule has 3 aromatic carbocycles. The maximum absolute atomic E-state index is 12.2. The van der Waals surface area contributed by atoms with E-state index in [1.807, 2.05) is 0 Å². The predicted molar refractivity (Wildman–Crippen MR) is 102 cm³/mol. The van der Waals surface area contributed by atoms with Crippen molar-refractivity contribution in [3.8, 4) is 0 Å². The molecule has 1 aliphatic carbocycles. The number of benzene rings is 3. The zero-order chi connectivity index (χ0) is 21.6. The molecular weight excluding hydrogens is 448 g/mol. The van der Waals surface area contributed by atoms with E-state index in [0.717, 1.165) is 12.1 Å². The second kappa shape index (κ2) is 5.72. The summed E-state index contributed by atoms with van der Waals surface area (Å²) >= 11 is 0. The lowest BCUT2D eigenvalue weighted by molar-refractivity contribution is 0.118. The Morgan fingerprint density at radius 3 is 1.79 bits per heavy atom. The molecule has 0 fully saturated rings. The van der Waals surface area contributed by atoms with Crippen molar-refractivity contribution in [3.05, 3.63) is 53.2 Å². The molecule has 2 unspecified atom stereocenters. The average molecular weight is 460 g/mol. The highest BCUT2D eigenvalue weighted by Gasteiger charge is 2.62. The molecule has 0 spiro atoms. The Hall–Kier alpha value is -2.13. The van der Waals surface area contributed by atoms with Gasteiger partial charge in [0.1, 0.15) is 4.91 Å². The summed E-state index contributed by atoms with van der Waals surface area (Å²) in [5, 5.41) is 8.45. The maximum atomic E-state index is 12.2. The van der Waals surface area contributed by atoms with Gasteiger partial charge in [-0.05, 0) is 21.5 Å². The van der Waals surface area contributed by atoms with Gasteiger partial charge in [-0.1, -0.05) is 42.5 Å². The fraction of sp³-hybridized carbons (Fsp3) is 0.125. The van der Waals surface area contributed by atoms with Crippen molar-refractivity contribution in [3.63, 3.8) is 0 Å². The van der Waals surface area contributed by atoms with E-state index >= 15 is 0 Å². The molecule has 4 N–H and O–H groups in total. The van der Waals surface area contributed by atoms with Gasteiger partial charge in [-0.2, -0.15) is 25.3 Å². The Kier molecular flexibility index (Phi) is 3.98. The second-order valence-corrected chi connectivity index (χ2v) is 11.1. The van der Waals surface area contributed by atoms with E-state index in [2.05, 4.69) is 0 Å². The Labute approximate surface area is 164 Å². The molecule has 1 aliphatic rings. The second-order valence-electron chi connectivity index (χ2n) is 6.59. The van der Waals surface area contributed by atoms with Gasteiger partial charge >= 0.3 is 10.1 Å². The van der Waals surface area contributed by atoms with E-state index in [-0.39, 0.29) is 10.8 Å². The predicted octanol–water partition coefficient (Wildman–Crippen LogP) is 0.0108. The van der Waals surface area contributed by atoms with E-state index in [9.17, 15) is 44.0 Å². The molecule has 154 valence electrons. The highest BCUT2D eigenvalue weighted by molar-refractivity contribution is 7.98. The molecule has 10 nitrogen and oxygen atoms in total. The van der Waals surface area contributed by atoms with E-state index in [4.69, 9.17) is 0 Å². The van der Waals surface area contributed by atoms with Crippen molar-refractivity contribution in [1.82, 2.24) is 0 Å². The summed E-state index contributed by atoms with van der Waals surface area (Å²) in [6, 6.07) is 9.72. The molecule has 3 aromatic rings. The molecule has 2 atom stereocenters. The van der Waals surface area contributed by atoms with Crippen LogP contribution in [0.3, 0.4) is 0 Å². The first-order valence-electron chi connectivity index (χ1n) is 7.81. The van der Waals surface area contributed by atoms with Gasteiger partial charge < -0.3 is 5.11 Å². The van der Waals surface area contributed by atoms with E-state index in [0.29, 0.717) is 10.8 Å². The minimum absolute atomic E-state index is 0.201. The Bertz CT molecular complexity index is 1570. The molecule has 0 aliphatic heterocycles. The topological polar surface area (TPSA) is 183 Å². The van der Waals surface area contributed by atoms with Gasteiger partial charge in [0.05, 0.1) is 0 Å². The minimum atomic E-state index is -5.76. The van der Waals surface area contributed by atoms with Gasteiger partial charge in [-0.25, -0.2) is 0 Å². The third kappa shape index (κ3) is 2.63. The summed E-state index contributed by atoms with van der Waals surface area (Å²) in [4.78, 5) is -5.28. The zero-order valence-electron chi connectivity index (χ0n) is 14.1. The number of rotatable bonds is 3. The average Bonchev–Trinajstić information content (AvgIpc) is 2.57. The van der Waals surface area contributed by atoms with Crippen LogP contribution in [-0.4, -0.2) is 49.3 Å². The summed E-state index contributed by atoms with van der Waals surface area (Å²) < 4.78 is 102. The molecule has 0 bridgehead atoms. The first-order valence-corrected chi connectivity index (χ1v) is 12.2. The van der Waals surface area contributed by atoms with Crippen molar-refractivity contribution in [2.75, 3.05) is 0 Å².